The van der Waals surface area contributed by atoms with Gasteiger partial charge in [-0.2, -0.15) is 5.10 Å². The van der Waals surface area contributed by atoms with Gasteiger partial charge in [-0.25, -0.2) is 9.69 Å². The molecule has 1 saturated heterocycles. The minimum absolute atomic E-state index is 0.119. The maximum atomic E-state index is 13.1. The number of carbonyl (C=O) groups is 1. The summed E-state index contributed by atoms with van der Waals surface area (Å²) >= 11 is 0. The summed E-state index contributed by atoms with van der Waals surface area (Å²) in [5.74, 6) is -0.119. The van der Waals surface area contributed by atoms with Gasteiger partial charge in [0.25, 0.3) is 5.91 Å². The van der Waals surface area contributed by atoms with Gasteiger partial charge in [0.15, 0.2) is 0 Å². The summed E-state index contributed by atoms with van der Waals surface area (Å²) < 4.78 is 1.78. The zero-order valence-corrected chi connectivity index (χ0v) is 17.0. The number of benzene rings is 2. The van der Waals surface area contributed by atoms with Crippen LogP contribution >= 0.6 is 0 Å². The number of carbonyl (C=O) groups excluding carboxylic acids is 1. The van der Waals surface area contributed by atoms with Crippen molar-refractivity contribution in [2.75, 3.05) is 33.2 Å². The molecule has 1 N–H and O–H groups in total. The standard InChI is InChI=1S/C23H27N5O/c1-3-18-9-11-19(12-10-18)22-21(17-28(24-22)20-7-5-4-6-8-20)23(29)25-27-15-13-26(2)14-16-27/h4-12,17H,3,13-16H2,1-2H3,(H,25,29). The van der Waals surface area contributed by atoms with Gasteiger partial charge >= 0.3 is 0 Å². The number of aromatic nitrogens is 2. The smallest absolute Gasteiger partial charge is 0.269 e. The normalized spacial score (nSPS) is 15.4. The first-order valence-electron chi connectivity index (χ1n) is 10.1. The summed E-state index contributed by atoms with van der Waals surface area (Å²) in [5.41, 5.74) is 7.48. The van der Waals surface area contributed by atoms with Crippen molar-refractivity contribution in [2.24, 2.45) is 0 Å². The van der Waals surface area contributed by atoms with Crippen molar-refractivity contribution in [1.29, 1.82) is 0 Å². The Kier molecular flexibility index (Phi) is 5.74. The Bertz CT molecular complexity index is 957. The average Bonchev–Trinajstić information content (AvgIpc) is 3.22. The second-order valence-electron chi connectivity index (χ2n) is 7.45. The number of para-hydroxylation sites is 1. The quantitative estimate of drug-likeness (QED) is 0.729. The molecule has 0 unspecified atom stereocenters. The summed E-state index contributed by atoms with van der Waals surface area (Å²) in [7, 11) is 2.10. The monoisotopic (exact) mass is 389 g/mol. The fourth-order valence-electron chi connectivity index (χ4n) is 3.49. The molecule has 2 heterocycles. The third-order valence-electron chi connectivity index (χ3n) is 5.38. The highest BCUT2D eigenvalue weighted by atomic mass is 16.2. The van der Waals surface area contributed by atoms with Gasteiger partial charge in [0.1, 0.15) is 5.69 Å². The van der Waals surface area contributed by atoms with E-state index in [0.29, 0.717) is 11.3 Å². The molecular weight excluding hydrogens is 362 g/mol. The first-order valence-corrected chi connectivity index (χ1v) is 10.1. The lowest BCUT2D eigenvalue weighted by atomic mass is 10.0. The van der Waals surface area contributed by atoms with Crippen molar-refractivity contribution >= 4 is 5.91 Å². The molecule has 29 heavy (non-hydrogen) atoms. The Labute approximate surface area is 171 Å². The van der Waals surface area contributed by atoms with Crippen LogP contribution in [0.25, 0.3) is 16.9 Å². The molecule has 0 bridgehead atoms. The zero-order chi connectivity index (χ0) is 20.2. The summed E-state index contributed by atoms with van der Waals surface area (Å²) in [6.07, 6.45) is 2.80. The van der Waals surface area contributed by atoms with Crippen LogP contribution in [0.15, 0.2) is 60.8 Å². The highest BCUT2D eigenvalue weighted by molar-refractivity contribution is 5.99. The van der Waals surface area contributed by atoms with E-state index in [9.17, 15) is 4.79 Å². The molecule has 6 nitrogen and oxygen atoms in total. The van der Waals surface area contributed by atoms with Crippen LogP contribution in [-0.4, -0.2) is 58.8 Å². The second kappa shape index (κ2) is 8.59. The largest absolute Gasteiger partial charge is 0.304 e. The third-order valence-corrected chi connectivity index (χ3v) is 5.38. The van der Waals surface area contributed by atoms with Crippen LogP contribution in [0, 0.1) is 0 Å². The van der Waals surface area contributed by atoms with Crippen LogP contribution in [0.5, 0.6) is 0 Å². The number of hydrogen-bond donors (Lipinski definition) is 1. The van der Waals surface area contributed by atoms with Crippen LogP contribution < -0.4 is 5.43 Å². The molecule has 4 rings (SSSR count). The molecule has 1 aromatic heterocycles. The molecule has 1 aliphatic rings. The van der Waals surface area contributed by atoms with Crippen LogP contribution in [0.2, 0.25) is 0 Å². The Hall–Kier alpha value is -2.96. The Balaban J connectivity index is 1.66. The summed E-state index contributed by atoms with van der Waals surface area (Å²) in [4.78, 5) is 15.4. The van der Waals surface area contributed by atoms with Crippen molar-refractivity contribution in [3.8, 4) is 16.9 Å². The zero-order valence-electron chi connectivity index (χ0n) is 17.0. The van der Waals surface area contributed by atoms with Gasteiger partial charge in [0.05, 0.1) is 11.3 Å². The molecule has 3 aromatic rings. The van der Waals surface area contributed by atoms with Crippen molar-refractivity contribution in [3.05, 3.63) is 71.9 Å². The highest BCUT2D eigenvalue weighted by Crippen LogP contribution is 2.24. The molecule has 150 valence electrons. The van der Waals surface area contributed by atoms with E-state index in [1.165, 1.54) is 5.56 Å². The van der Waals surface area contributed by atoms with Crippen molar-refractivity contribution < 1.29 is 4.79 Å². The Morgan fingerprint density at radius 3 is 2.34 bits per heavy atom. The first-order chi connectivity index (χ1) is 14.1. The van der Waals surface area contributed by atoms with Crippen LogP contribution in [0.1, 0.15) is 22.8 Å². The predicted molar refractivity (Wildman–Crippen MR) is 115 cm³/mol. The number of nitrogens with one attached hydrogen (secondary N) is 1. The number of rotatable bonds is 5. The molecule has 1 amide bonds. The number of aryl methyl sites for hydroxylation is 1. The summed E-state index contributed by atoms with van der Waals surface area (Å²) in [6.45, 7) is 5.64. The average molecular weight is 390 g/mol. The van der Waals surface area contributed by atoms with Gasteiger partial charge in [-0.3, -0.25) is 10.2 Å². The second-order valence-corrected chi connectivity index (χ2v) is 7.45. The van der Waals surface area contributed by atoms with Crippen LogP contribution in [-0.2, 0) is 6.42 Å². The maximum Gasteiger partial charge on any atom is 0.269 e. The molecular formula is C23H27N5O. The van der Waals surface area contributed by atoms with Crippen LogP contribution in [0.3, 0.4) is 0 Å². The van der Waals surface area contributed by atoms with E-state index in [-0.39, 0.29) is 5.91 Å². The number of likely N-dealkylation sites (N-methyl/N-ethyl adjacent to an activating group) is 1. The van der Waals surface area contributed by atoms with E-state index in [2.05, 4.69) is 36.4 Å². The number of piperazine rings is 1. The Morgan fingerprint density at radius 1 is 1.00 bits per heavy atom. The molecule has 0 spiro atoms. The lowest BCUT2D eigenvalue weighted by molar-refractivity contribution is 0.0663. The fourth-order valence-corrected chi connectivity index (χ4v) is 3.49. The third kappa shape index (κ3) is 4.39. The van der Waals surface area contributed by atoms with Gasteiger partial charge in [-0.1, -0.05) is 49.4 Å². The molecule has 6 heteroatoms. The van der Waals surface area contributed by atoms with E-state index in [4.69, 9.17) is 5.10 Å². The Morgan fingerprint density at radius 2 is 1.69 bits per heavy atom. The van der Waals surface area contributed by atoms with Crippen molar-refractivity contribution in [2.45, 2.75) is 13.3 Å². The van der Waals surface area contributed by atoms with Gasteiger partial charge in [-0.15, -0.1) is 0 Å². The van der Waals surface area contributed by atoms with Crippen molar-refractivity contribution in [3.63, 3.8) is 0 Å². The van der Waals surface area contributed by atoms with E-state index >= 15 is 0 Å². The van der Waals surface area contributed by atoms with Gasteiger partial charge in [0, 0.05) is 37.9 Å². The number of amides is 1. The molecule has 0 radical (unpaired) electrons. The summed E-state index contributed by atoms with van der Waals surface area (Å²) in [6, 6.07) is 18.2. The number of nitrogens with zero attached hydrogens (tertiary/aromatic N) is 4. The molecule has 1 fully saturated rings. The van der Waals surface area contributed by atoms with Crippen molar-refractivity contribution in [1.82, 2.24) is 25.1 Å². The molecule has 1 aliphatic heterocycles. The molecule has 0 atom stereocenters. The number of hydrazine groups is 1. The lowest BCUT2D eigenvalue weighted by Crippen LogP contribution is -2.52. The first kappa shape index (κ1) is 19.4. The topological polar surface area (TPSA) is 53.4 Å². The lowest BCUT2D eigenvalue weighted by Gasteiger charge is -2.32. The van der Waals surface area contributed by atoms with Crippen LogP contribution in [0.4, 0.5) is 0 Å². The van der Waals surface area contributed by atoms with E-state index in [0.717, 1.165) is 43.9 Å². The fraction of sp³-hybridized carbons (Fsp3) is 0.304. The minimum atomic E-state index is -0.119. The SMILES string of the molecule is CCc1ccc(-c2nn(-c3ccccc3)cc2C(=O)NN2CCN(C)CC2)cc1. The highest BCUT2D eigenvalue weighted by Gasteiger charge is 2.22. The minimum Gasteiger partial charge on any atom is -0.304 e. The molecule has 0 aliphatic carbocycles. The predicted octanol–water partition coefficient (Wildman–Crippen LogP) is 2.99. The van der Waals surface area contributed by atoms with E-state index in [1.807, 2.05) is 53.7 Å². The van der Waals surface area contributed by atoms with E-state index in [1.54, 1.807) is 4.68 Å². The maximum absolute atomic E-state index is 13.1. The molecule has 0 saturated carbocycles. The van der Waals surface area contributed by atoms with Gasteiger partial charge in [0.2, 0.25) is 0 Å². The van der Waals surface area contributed by atoms with Gasteiger partial charge < -0.3 is 4.90 Å². The summed E-state index contributed by atoms with van der Waals surface area (Å²) in [5, 5.41) is 6.75. The van der Waals surface area contributed by atoms with E-state index < -0.39 is 0 Å². The number of hydrogen-bond acceptors (Lipinski definition) is 4. The molecule has 2 aromatic carbocycles. The van der Waals surface area contributed by atoms with Gasteiger partial charge in [-0.05, 0) is 31.2 Å².